The molecule has 1 fully saturated rings. The second-order valence-corrected chi connectivity index (χ2v) is 5.00. The summed E-state index contributed by atoms with van der Waals surface area (Å²) in [4.78, 5) is 1.99. The Morgan fingerprint density at radius 3 is 2.00 bits per heavy atom. The van der Waals surface area contributed by atoms with Gasteiger partial charge in [0.1, 0.15) is 0 Å². The summed E-state index contributed by atoms with van der Waals surface area (Å²) in [6, 6.07) is 0. The van der Waals surface area contributed by atoms with Crippen LogP contribution in [0.15, 0.2) is 0 Å². The van der Waals surface area contributed by atoms with E-state index in [0.717, 1.165) is 0 Å². The monoisotopic (exact) mass is 149 g/mol. The molecule has 0 unspecified atom stereocenters. The van der Waals surface area contributed by atoms with Gasteiger partial charge in [0.15, 0.2) is 9.84 Å². The lowest BCUT2D eigenvalue weighted by Gasteiger charge is -2.34. The van der Waals surface area contributed by atoms with Gasteiger partial charge in [-0.05, 0) is 7.05 Å². The van der Waals surface area contributed by atoms with Crippen LogP contribution in [0.3, 0.4) is 0 Å². The van der Waals surface area contributed by atoms with Gasteiger partial charge in [0.25, 0.3) is 0 Å². The van der Waals surface area contributed by atoms with Gasteiger partial charge >= 0.3 is 0 Å². The van der Waals surface area contributed by atoms with E-state index < -0.39 is 9.84 Å². The van der Waals surface area contributed by atoms with E-state index in [1.807, 2.05) is 11.9 Å². The smallest absolute Gasteiger partial charge is 0.152 e. The van der Waals surface area contributed by atoms with Crippen molar-refractivity contribution in [2.75, 3.05) is 26.4 Å². The van der Waals surface area contributed by atoms with Gasteiger partial charge in [0, 0.05) is 19.3 Å². The van der Waals surface area contributed by atoms with Crippen molar-refractivity contribution in [3.05, 3.63) is 0 Å². The van der Waals surface area contributed by atoms with E-state index in [2.05, 4.69) is 0 Å². The van der Waals surface area contributed by atoms with E-state index in [-0.39, 0.29) is 5.25 Å². The first-order valence-corrected chi connectivity index (χ1v) is 4.83. The summed E-state index contributed by atoms with van der Waals surface area (Å²) < 4.78 is 21.5. The lowest BCUT2D eigenvalue weighted by molar-refractivity contribution is 0.232. The normalized spacial score (nSPS) is 23.8. The molecule has 54 valence electrons. The summed E-state index contributed by atoms with van der Waals surface area (Å²) in [6.07, 6.45) is 1.30. The van der Waals surface area contributed by atoms with E-state index in [0.29, 0.717) is 13.1 Å². The standard InChI is InChI=1S/C5H11NO2S/c1-6-3-5(4-6)9(2,7)8/h5H,3-4H2,1-2H3. The molecule has 1 heterocycles. The molecule has 1 rings (SSSR count). The van der Waals surface area contributed by atoms with Gasteiger partial charge in [-0.3, -0.25) is 0 Å². The van der Waals surface area contributed by atoms with Crippen molar-refractivity contribution in [2.45, 2.75) is 5.25 Å². The molecule has 0 aromatic rings. The average Bonchev–Trinajstić information content (AvgIpc) is 1.55. The minimum atomic E-state index is -2.74. The predicted octanol–water partition coefficient (Wildman–Crippen LogP) is -0.655. The molecule has 0 bridgehead atoms. The average molecular weight is 149 g/mol. The highest BCUT2D eigenvalue weighted by atomic mass is 32.2. The zero-order valence-electron chi connectivity index (χ0n) is 5.66. The first kappa shape index (κ1) is 7.02. The summed E-state index contributed by atoms with van der Waals surface area (Å²) >= 11 is 0. The van der Waals surface area contributed by atoms with Crippen LogP contribution in [0.5, 0.6) is 0 Å². The van der Waals surface area contributed by atoms with Gasteiger partial charge in [-0.1, -0.05) is 0 Å². The Morgan fingerprint density at radius 2 is 1.89 bits per heavy atom. The molecule has 1 saturated heterocycles. The molecular formula is C5H11NO2S. The Morgan fingerprint density at radius 1 is 1.44 bits per heavy atom. The Bertz CT molecular complexity index is 191. The second kappa shape index (κ2) is 1.95. The van der Waals surface area contributed by atoms with E-state index >= 15 is 0 Å². The zero-order valence-corrected chi connectivity index (χ0v) is 6.48. The van der Waals surface area contributed by atoms with Gasteiger partial charge in [0.05, 0.1) is 5.25 Å². The molecule has 3 nitrogen and oxygen atoms in total. The molecule has 0 saturated carbocycles. The number of hydrogen-bond acceptors (Lipinski definition) is 3. The van der Waals surface area contributed by atoms with Crippen molar-refractivity contribution in [3.8, 4) is 0 Å². The molecule has 0 aliphatic carbocycles. The van der Waals surface area contributed by atoms with Crippen molar-refractivity contribution in [1.82, 2.24) is 4.90 Å². The van der Waals surface area contributed by atoms with Crippen LogP contribution in [0.4, 0.5) is 0 Å². The van der Waals surface area contributed by atoms with E-state index in [9.17, 15) is 8.42 Å². The Labute approximate surface area is 55.6 Å². The lowest BCUT2D eigenvalue weighted by Crippen LogP contribution is -2.51. The number of sulfone groups is 1. The Hall–Kier alpha value is -0.0900. The maximum atomic E-state index is 10.7. The van der Waals surface area contributed by atoms with Crippen LogP contribution in [0.2, 0.25) is 0 Å². The van der Waals surface area contributed by atoms with Crippen molar-refractivity contribution in [1.29, 1.82) is 0 Å². The van der Waals surface area contributed by atoms with Crippen molar-refractivity contribution < 1.29 is 8.42 Å². The first-order chi connectivity index (χ1) is 4.00. The van der Waals surface area contributed by atoms with Gasteiger partial charge in [-0.25, -0.2) is 8.42 Å². The molecule has 0 N–H and O–H groups in total. The van der Waals surface area contributed by atoms with Crippen molar-refractivity contribution in [3.63, 3.8) is 0 Å². The molecule has 0 atom stereocenters. The summed E-state index contributed by atoms with van der Waals surface area (Å²) in [5, 5.41) is -0.0949. The van der Waals surface area contributed by atoms with Crippen LogP contribution in [0.1, 0.15) is 0 Å². The first-order valence-electron chi connectivity index (χ1n) is 2.87. The maximum absolute atomic E-state index is 10.7. The van der Waals surface area contributed by atoms with E-state index in [4.69, 9.17) is 0 Å². The van der Waals surface area contributed by atoms with Crippen LogP contribution >= 0.6 is 0 Å². The summed E-state index contributed by atoms with van der Waals surface area (Å²) in [5.74, 6) is 0. The fraction of sp³-hybridized carbons (Fsp3) is 1.00. The van der Waals surface area contributed by atoms with Crippen LogP contribution in [0.25, 0.3) is 0 Å². The van der Waals surface area contributed by atoms with Crippen LogP contribution in [0, 0.1) is 0 Å². The van der Waals surface area contributed by atoms with E-state index in [1.54, 1.807) is 0 Å². The molecule has 0 amide bonds. The topological polar surface area (TPSA) is 37.4 Å². The largest absolute Gasteiger partial charge is 0.304 e. The molecule has 1 aliphatic heterocycles. The highest BCUT2D eigenvalue weighted by molar-refractivity contribution is 7.91. The fourth-order valence-electron chi connectivity index (χ4n) is 0.913. The van der Waals surface area contributed by atoms with Gasteiger partial charge in [-0.2, -0.15) is 0 Å². The minimum absolute atomic E-state index is 0.0949. The molecule has 0 aromatic carbocycles. The Balaban J connectivity index is 2.51. The Kier molecular flexibility index (Phi) is 1.52. The number of rotatable bonds is 1. The summed E-state index contributed by atoms with van der Waals surface area (Å²) in [5.41, 5.74) is 0. The third-order valence-electron chi connectivity index (χ3n) is 1.64. The van der Waals surface area contributed by atoms with Crippen LogP contribution < -0.4 is 0 Å². The SMILES string of the molecule is CN1CC(S(C)(=O)=O)C1. The summed E-state index contributed by atoms with van der Waals surface area (Å²) in [7, 11) is -0.822. The summed E-state index contributed by atoms with van der Waals surface area (Å²) in [6.45, 7) is 1.41. The quantitative estimate of drug-likeness (QED) is 0.497. The molecule has 0 radical (unpaired) electrons. The van der Waals surface area contributed by atoms with Crippen LogP contribution in [-0.4, -0.2) is 45.0 Å². The van der Waals surface area contributed by atoms with Gasteiger partial charge in [0.2, 0.25) is 0 Å². The van der Waals surface area contributed by atoms with Crippen molar-refractivity contribution in [2.24, 2.45) is 0 Å². The van der Waals surface area contributed by atoms with Crippen LogP contribution in [-0.2, 0) is 9.84 Å². The molecular weight excluding hydrogens is 138 g/mol. The number of likely N-dealkylation sites (tertiary alicyclic amines) is 1. The lowest BCUT2D eigenvalue weighted by atomic mass is 10.2. The highest BCUT2D eigenvalue weighted by Crippen LogP contribution is 2.11. The van der Waals surface area contributed by atoms with Gasteiger partial charge < -0.3 is 4.90 Å². The molecule has 4 heteroatoms. The molecule has 0 spiro atoms. The fourth-order valence-corrected chi connectivity index (χ4v) is 1.96. The van der Waals surface area contributed by atoms with Gasteiger partial charge in [-0.15, -0.1) is 0 Å². The number of hydrogen-bond donors (Lipinski definition) is 0. The highest BCUT2D eigenvalue weighted by Gasteiger charge is 2.31. The van der Waals surface area contributed by atoms with E-state index in [1.165, 1.54) is 6.26 Å². The van der Waals surface area contributed by atoms with Crippen molar-refractivity contribution >= 4 is 9.84 Å². The molecule has 9 heavy (non-hydrogen) atoms. The molecule has 1 aliphatic rings. The third-order valence-corrected chi connectivity index (χ3v) is 3.15. The third kappa shape index (κ3) is 1.43. The minimum Gasteiger partial charge on any atom is -0.304 e. The second-order valence-electron chi connectivity index (χ2n) is 2.67. The number of nitrogens with zero attached hydrogens (tertiary/aromatic N) is 1. The predicted molar refractivity (Wildman–Crippen MR) is 36.1 cm³/mol. The molecule has 0 aromatic heterocycles. The maximum Gasteiger partial charge on any atom is 0.152 e. The zero-order chi connectivity index (χ0) is 7.07.